The van der Waals surface area contributed by atoms with Gasteiger partial charge in [-0.25, -0.2) is 19.1 Å². The van der Waals surface area contributed by atoms with E-state index in [2.05, 4.69) is 9.60 Å². The Labute approximate surface area is 152 Å². The SMILES string of the molecule is NC1(CONC(=O)[C@@H]2CC(F)(F)[C@@H]3CN2C(=O)N3OS(=O)(=O)O)CCNC1. The van der Waals surface area contributed by atoms with Gasteiger partial charge in [-0.2, -0.15) is 13.5 Å². The average molecular weight is 415 g/mol. The lowest BCUT2D eigenvalue weighted by Gasteiger charge is -2.34. The lowest BCUT2D eigenvalue weighted by atomic mass is 9.96. The molecular weight excluding hydrogens is 396 g/mol. The summed E-state index contributed by atoms with van der Waals surface area (Å²) in [5.41, 5.74) is 7.30. The lowest BCUT2D eigenvalue weighted by molar-refractivity contribution is -0.160. The van der Waals surface area contributed by atoms with E-state index in [9.17, 15) is 26.8 Å². The first-order valence-electron chi connectivity index (χ1n) is 7.98. The topological polar surface area (TPSA) is 164 Å². The van der Waals surface area contributed by atoms with E-state index in [1.54, 1.807) is 0 Å². The number of piperidine rings is 1. The van der Waals surface area contributed by atoms with Gasteiger partial charge in [0.25, 0.3) is 11.8 Å². The zero-order valence-corrected chi connectivity index (χ0v) is 14.7. The van der Waals surface area contributed by atoms with Crippen molar-refractivity contribution >= 4 is 22.3 Å². The monoisotopic (exact) mass is 415 g/mol. The minimum absolute atomic E-state index is 0.0661. The molecule has 3 saturated heterocycles. The van der Waals surface area contributed by atoms with E-state index in [0.29, 0.717) is 19.5 Å². The summed E-state index contributed by atoms with van der Waals surface area (Å²) in [5.74, 6) is -4.65. The molecule has 3 amide bonds. The van der Waals surface area contributed by atoms with Crippen LogP contribution in [0.25, 0.3) is 0 Å². The summed E-state index contributed by atoms with van der Waals surface area (Å²) in [4.78, 5) is 30.2. The molecule has 3 aliphatic rings. The van der Waals surface area contributed by atoms with Crippen molar-refractivity contribution in [3.8, 4) is 0 Å². The molecule has 3 atom stereocenters. The van der Waals surface area contributed by atoms with Gasteiger partial charge in [0.15, 0.2) is 0 Å². The summed E-state index contributed by atoms with van der Waals surface area (Å²) >= 11 is 0. The van der Waals surface area contributed by atoms with Crippen LogP contribution in [0.3, 0.4) is 0 Å². The van der Waals surface area contributed by atoms with E-state index in [-0.39, 0.29) is 11.7 Å². The van der Waals surface area contributed by atoms with Crippen LogP contribution in [0, 0.1) is 0 Å². The number of alkyl halides is 2. The highest BCUT2D eigenvalue weighted by molar-refractivity contribution is 7.80. The fourth-order valence-corrected chi connectivity index (χ4v) is 3.66. The number of nitrogens with one attached hydrogen (secondary N) is 2. The van der Waals surface area contributed by atoms with Crippen molar-refractivity contribution in [1.29, 1.82) is 0 Å². The molecule has 1 unspecified atom stereocenters. The van der Waals surface area contributed by atoms with Crippen LogP contribution < -0.4 is 16.5 Å². The molecule has 0 saturated carbocycles. The first-order chi connectivity index (χ1) is 12.4. The lowest BCUT2D eigenvalue weighted by Crippen LogP contribution is -2.57. The summed E-state index contributed by atoms with van der Waals surface area (Å²) in [6.07, 6.45) is -0.474. The molecule has 15 heteroatoms. The molecule has 3 fully saturated rings. The Morgan fingerprint density at radius 3 is 2.78 bits per heavy atom. The van der Waals surface area contributed by atoms with Crippen molar-refractivity contribution in [3.05, 3.63) is 0 Å². The number of hydroxylamine groups is 3. The van der Waals surface area contributed by atoms with Crippen LogP contribution in [0.15, 0.2) is 0 Å². The first kappa shape index (κ1) is 20.1. The maximum atomic E-state index is 14.3. The number of nitrogens with zero attached hydrogens (tertiary/aromatic N) is 2. The maximum Gasteiger partial charge on any atom is 0.418 e. The highest BCUT2D eigenvalue weighted by Crippen LogP contribution is 2.41. The van der Waals surface area contributed by atoms with Crippen molar-refractivity contribution < 1.29 is 40.5 Å². The molecule has 0 aromatic carbocycles. The molecule has 3 rings (SSSR count). The molecule has 0 aromatic rings. The predicted octanol–water partition coefficient (Wildman–Crippen LogP) is -2.03. The maximum absolute atomic E-state index is 14.3. The number of hydrogen-bond acceptors (Lipinski definition) is 8. The number of nitrogens with two attached hydrogens (primary N) is 1. The highest BCUT2D eigenvalue weighted by atomic mass is 32.3. The summed E-state index contributed by atoms with van der Waals surface area (Å²) < 4.78 is 62.9. The molecule has 0 aliphatic carbocycles. The molecule has 3 aliphatic heterocycles. The number of amides is 3. The van der Waals surface area contributed by atoms with Crippen molar-refractivity contribution in [2.24, 2.45) is 5.73 Å². The van der Waals surface area contributed by atoms with Crippen LogP contribution in [0.4, 0.5) is 13.6 Å². The predicted molar refractivity (Wildman–Crippen MR) is 82.2 cm³/mol. The van der Waals surface area contributed by atoms with Crippen LogP contribution in [-0.2, 0) is 24.3 Å². The van der Waals surface area contributed by atoms with E-state index < -0.39 is 58.8 Å². The second-order valence-electron chi connectivity index (χ2n) is 6.80. The van der Waals surface area contributed by atoms with Gasteiger partial charge in [0, 0.05) is 13.0 Å². The van der Waals surface area contributed by atoms with Gasteiger partial charge in [-0.1, -0.05) is 0 Å². The van der Waals surface area contributed by atoms with Crippen LogP contribution in [-0.4, -0.2) is 84.7 Å². The normalized spacial score (nSPS) is 32.8. The Morgan fingerprint density at radius 1 is 1.48 bits per heavy atom. The molecule has 0 radical (unpaired) electrons. The van der Waals surface area contributed by atoms with Crippen molar-refractivity contribution in [1.82, 2.24) is 20.8 Å². The van der Waals surface area contributed by atoms with E-state index >= 15 is 0 Å². The highest BCUT2D eigenvalue weighted by Gasteiger charge is 2.62. The summed E-state index contributed by atoms with van der Waals surface area (Å²) in [6.45, 7) is 0.405. The Kier molecular flexibility index (Phi) is 5.02. The summed E-state index contributed by atoms with van der Waals surface area (Å²) in [7, 11) is -5.20. The Balaban J connectivity index is 1.66. The van der Waals surface area contributed by atoms with Crippen molar-refractivity contribution in [2.45, 2.75) is 36.4 Å². The Bertz CT molecular complexity index is 730. The zero-order chi connectivity index (χ0) is 20.0. The summed E-state index contributed by atoms with van der Waals surface area (Å²) in [5, 5.41) is 2.88. The van der Waals surface area contributed by atoms with Gasteiger partial charge < -0.3 is 16.0 Å². The van der Waals surface area contributed by atoms with Crippen LogP contribution in [0.5, 0.6) is 0 Å². The number of fused-ring (bicyclic) bond motifs is 2. The molecule has 0 aromatic heterocycles. The van der Waals surface area contributed by atoms with Crippen LogP contribution >= 0.6 is 0 Å². The van der Waals surface area contributed by atoms with E-state index in [1.807, 2.05) is 5.48 Å². The fraction of sp³-hybridized carbons (Fsp3) is 0.833. The quantitative estimate of drug-likeness (QED) is 0.283. The number of rotatable bonds is 6. The summed E-state index contributed by atoms with van der Waals surface area (Å²) in [6, 6.07) is -4.87. The van der Waals surface area contributed by atoms with Gasteiger partial charge in [0.05, 0.1) is 18.7 Å². The first-order valence-corrected chi connectivity index (χ1v) is 9.34. The number of hydrogen-bond donors (Lipinski definition) is 4. The second-order valence-corrected chi connectivity index (χ2v) is 7.81. The van der Waals surface area contributed by atoms with E-state index in [4.69, 9.17) is 15.1 Å². The number of halogens is 2. The number of carbonyl (C=O) groups excluding carboxylic acids is 2. The third-order valence-electron chi connectivity index (χ3n) is 4.70. The van der Waals surface area contributed by atoms with Crippen molar-refractivity contribution in [3.63, 3.8) is 0 Å². The molecular formula is C12H19F2N5O7S. The molecule has 27 heavy (non-hydrogen) atoms. The Morgan fingerprint density at radius 2 is 2.19 bits per heavy atom. The van der Waals surface area contributed by atoms with Gasteiger partial charge in [0.2, 0.25) is 0 Å². The van der Waals surface area contributed by atoms with Gasteiger partial charge in [-0.3, -0.25) is 14.2 Å². The van der Waals surface area contributed by atoms with Gasteiger partial charge >= 0.3 is 16.4 Å². The number of urea groups is 1. The van der Waals surface area contributed by atoms with Gasteiger partial charge in [0.1, 0.15) is 12.1 Å². The minimum atomic E-state index is -5.20. The minimum Gasteiger partial charge on any atom is -0.322 e. The Hall–Kier alpha value is -1.65. The van der Waals surface area contributed by atoms with Gasteiger partial charge in [-0.15, -0.1) is 4.28 Å². The molecule has 3 heterocycles. The average Bonchev–Trinajstić information content (AvgIpc) is 3.08. The zero-order valence-electron chi connectivity index (χ0n) is 13.9. The standard InChI is InChI=1S/C12H19F2N5O7S/c13-12(14)3-7(9(20)17-25-6-11(15)1-2-16-5-11)18-4-8(12)19(10(18)21)26-27(22,23)24/h7-8,16H,1-6,15H2,(H,17,20)(H,22,23,24)/t7-,8-,11?/m0/s1. The van der Waals surface area contributed by atoms with Gasteiger partial charge in [-0.05, 0) is 13.0 Å². The fourth-order valence-electron chi connectivity index (χ4n) is 3.29. The number of carbonyl (C=O) groups is 2. The third kappa shape index (κ3) is 4.12. The third-order valence-corrected chi connectivity index (χ3v) is 5.05. The van der Waals surface area contributed by atoms with Crippen LogP contribution in [0.1, 0.15) is 12.8 Å². The molecule has 5 N–H and O–H groups in total. The van der Waals surface area contributed by atoms with Crippen molar-refractivity contribution in [2.75, 3.05) is 26.2 Å². The molecule has 2 bridgehead atoms. The molecule has 12 nitrogen and oxygen atoms in total. The van der Waals surface area contributed by atoms with E-state index in [0.717, 1.165) is 4.90 Å². The van der Waals surface area contributed by atoms with E-state index in [1.165, 1.54) is 0 Å². The second kappa shape index (κ2) is 6.75. The molecule has 0 spiro atoms. The largest absolute Gasteiger partial charge is 0.418 e. The van der Waals surface area contributed by atoms with Crippen LogP contribution in [0.2, 0.25) is 0 Å². The smallest absolute Gasteiger partial charge is 0.322 e. The molecule has 154 valence electrons.